The van der Waals surface area contributed by atoms with Crippen molar-refractivity contribution < 1.29 is 9.21 Å². The van der Waals surface area contributed by atoms with Crippen molar-refractivity contribution >= 4 is 5.91 Å². The molecule has 1 spiro atoms. The molecule has 2 aliphatic rings. The van der Waals surface area contributed by atoms with E-state index in [-0.39, 0.29) is 5.91 Å². The number of carbonyl (C=O) groups is 1. The number of furan rings is 1. The summed E-state index contributed by atoms with van der Waals surface area (Å²) in [4.78, 5) is 14.3. The Morgan fingerprint density at radius 2 is 1.85 bits per heavy atom. The van der Waals surface area contributed by atoms with Gasteiger partial charge in [0.1, 0.15) is 5.76 Å². The first kappa shape index (κ1) is 13.7. The lowest BCUT2D eigenvalue weighted by Crippen LogP contribution is -2.43. The highest BCUT2D eigenvalue weighted by Gasteiger charge is 2.37. The lowest BCUT2D eigenvalue weighted by molar-refractivity contribution is 0.0446. The standard InChI is InChI=1S/C16H24N2O2/c17-12-13-4-5-14(20-13)15(19)18-10-8-16(9-11-18)6-2-1-3-7-16/h4-5H,1-3,6-12,17H2. The number of nitrogens with two attached hydrogens (primary N) is 1. The monoisotopic (exact) mass is 276 g/mol. The molecule has 1 amide bonds. The van der Waals surface area contributed by atoms with Crippen molar-refractivity contribution in [3.8, 4) is 0 Å². The number of amides is 1. The molecule has 1 saturated heterocycles. The summed E-state index contributed by atoms with van der Waals surface area (Å²) in [6, 6.07) is 3.54. The van der Waals surface area contributed by atoms with Crippen molar-refractivity contribution in [3.05, 3.63) is 23.7 Å². The van der Waals surface area contributed by atoms with Crippen LogP contribution in [0.25, 0.3) is 0 Å². The third-order valence-electron chi connectivity index (χ3n) is 5.10. The SMILES string of the molecule is NCc1ccc(C(=O)N2CCC3(CCCCC3)CC2)o1. The smallest absolute Gasteiger partial charge is 0.289 e. The van der Waals surface area contributed by atoms with E-state index in [1.54, 1.807) is 12.1 Å². The molecule has 2 heterocycles. The van der Waals surface area contributed by atoms with Crippen molar-refractivity contribution in [1.82, 2.24) is 4.90 Å². The summed E-state index contributed by atoms with van der Waals surface area (Å²) in [7, 11) is 0. The van der Waals surface area contributed by atoms with Crippen LogP contribution in [0.2, 0.25) is 0 Å². The van der Waals surface area contributed by atoms with E-state index in [2.05, 4.69) is 0 Å². The molecule has 2 N–H and O–H groups in total. The first-order valence-electron chi connectivity index (χ1n) is 7.81. The summed E-state index contributed by atoms with van der Waals surface area (Å²) < 4.78 is 5.47. The number of hydrogen-bond donors (Lipinski definition) is 1. The average molecular weight is 276 g/mol. The zero-order valence-corrected chi connectivity index (χ0v) is 12.1. The molecular formula is C16H24N2O2. The van der Waals surface area contributed by atoms with Gasteiger partial charge in [0, 0.05) is 13.1 Å². The Labute approximate surface area is 120 Å². The van der Waals surface area contributed by atoms with Crippen molar-refractivity contribution in [1.29, 1.82) is 0 Å². The molecule has 0 radical (unpaired) electrons. The second-order valence-electron chi connectivity index (χ2n) is 6.32. The van der Waals surface area contributed by atoms with Gasteiger partial charge < -0.3 is 15.1 Å². The summed E-state index contributed by atoms with van der Waals surface area (Å²) in [6.07, 6.45) is 9.14. The molecule has 0 bridgehead atoms. The van der Waals surface area contributed by atoms with Crippen LogP contribution in [0, 0.1) is 5.41 Å². The van der Waals surface area contributed by atoms with Gasteiger partial charge in [0.2, 0.25) is 0 Å². The van der Waals surface area contributed by atoms with E-state index in [9.17, 15) is 4.79 Å². The molecule has 20 heavy (non-hydrogen) atoms. The normalized spacial score (nSPS) is 22.1. The Hall–Kier alpha value is -1.29. The fourth-order valence-electron chi connectivity index (χ4n) is 3.74. The summed E-state index contributed by atoms with van der Waals surface area (Å²) >= 11 is 0. The van der Waals surface area contributed by atoms with Crippen LogP contribution < -0.4 is 5.73 Å². The fourth-order valence-corrected chi connectivity index (χ4v) is 3.74. The molecule has 0 unspecified atom stereocenters. The number of piperidine rings is 1. The van der Waals surface area contributed by atoms with Gasteiger partial charge in [-0.05, 0) is 43.2 Å². The van der Waals surface area contributed by atoms with Crippen LogP contribution in [-0.2, 0) is 6.54 Å². The topological polar surface area (TPSA) is 59.5 Å². The van der Waals surface area contributed by atoms with Crippen LogP contribution in [0.5, 0.6) is 0 Å². The van der Waals surface area contributed by atoms with Crippen molar-refractivity contribution in [2.45, 2.75) is 51.5 Å². The highest BCUT2D eigenvalue weighted by molar-refractivity contribution is 5.91. The molecule has 4 heteroatoms. The molecule has 1 saturated carbocycles. The summed E-state index contributed by atoms with van der Waals surface area (Å²) in [5.74, 6) is 1.13. The molecule has 110 valence electrons. The lowest BCUT2D eigenvalue weighted by Gasteiger charge is -2.44. The van der Waals surface area contributed by atoms with Crippen molar-refractivity contribution in [2.24, 2.45) is 11.1 Å². The second-order valence-corrected chi connectivity index (χ2v) is 6.32. The van der Waals surface area contributed by atoms with E-state index in [0.29, 0.717) is 23.5 Å². The first-order chi connectivity index (χ1) is 9.72. The highest BCUT2D eigenvalue weighted by Crippen LogP contribution is 2.44. The molecular weight excluding hydrogens is 252 g/mol. The minimum Gasteiger partial charge on any atom is -0.455 e. The lowest BCUT2D eigenvalue weighted by atomic mass is 9.68. The molecule has 1 aromatic rings. The minimum absolute atomic E-state index is 0.0235. The molecule has 0 atom stereocenters. The van der Waals surface area contributed by atoms with E-state index in [1.165, 1.54) is 32.1 Å². The molecule has 3 rings (SSSR count). The molecule has 4 nitrogen and oxygen atoms in total. The second kappa shape index (κ2) is 5.60. The van der Waals surface area contributed by atoms with Gasteiger partial charge in [-0.25, -0.2) is 0 Å². The Bertz CT molecular complexity index is 465. The Kier molecular flexibility index (Phi) is 3.83. The maximum atomic E-state index is 12.4. The van der Waals surface area contributed by atoms with Gasteiger partial charge in [-0.3, -0.25) is 4.79 Å². The fraction of sp³-hybridized carbons (Fsp3) is 0.688. The summed E-state index contributed by atoms with van der Waals surface area (Å²) in [5.41, 5.74) is 6.04. The summed E-state index contributed by atoms with van der Waals surface area (Å²) in [5, 5.41) is 0. The first-order valence-corrected chi connectivity index (χ1v) is 7.81. The Morgan fingerprint density at radius 3 is 2.45 bits per heavy atom. The maximum Gasteiger partial charge on any atom is 0.289 e. The van der Waals surface area contributed by atoms with E-state index < -0.39 is 0 Å². The maximum absolute atomic E-state index is 12.4. The number of nitrogens with zero attached hydrogens (tertiary/aromatic N) is 1. The van der Waals surface area contributed by atoms with Gasteiger partial charge in [-0.1, -0.05) is 19.3 Å². The van der Waals surface area contributed by atoms with Crippen LogP contribution in [0.3, 0.4) is 0 Å². The highest BCUT2D eigenvalue weighted by atomic mass is 16.4. The Morgan fingerprint density at radius 1 is 1.15 bits per heavy atom. The number of carbonyl (C=O) groups excluding carboxylic acids is 1. The average Bonchev–Trinajstić information content (AvgIpc) is 2.97. The van der Waals surface area contributed by atoms with Gasteiger partial charge in [0.25, 0.3) is 5.91 Å². The van der Waals surface area contributed by atoms with E-state index in [0.717, 1.165) is 25.9 Å². The molecule has 0 aromatic carbocycles. The Balaban J connectivity index is 1.61. The van der Waals surface area contributed by atoms with Crippen LogP contribution in [-0.4, -0.2) is 23.9 Å². The van der Waals surface area contributed by atoms with Crippen LogP contribution in [0.4, 0.5) is 0 Å². The zero-order chi connectivity index (χ0) is 14.0. The zero-order valence-electron chi connectivity index (χ0n) is 12.1. The van der Waals surface area contributed by atoms with Gasteiger partial charge in [0.05, 0.1) is 6.54 Å². The molecule has 2 fully saturated rings. The van der Waals surface area contributed by atoms with Gasteiger partial charge in [-0.15, -0.1) is 0 Å². The van der Waals surface area contributed by atoms with Crippen LogP contribution in [0.1, 0.15) is 61.3 Å². The minimum atomic E-state index is 0.0235. The van der Waals surface area contributed by atoms with E-state index in [1.807, 2.05) is 4.90 Å². The van der Waals surface area contributed by atoms with Gasteiger partial charge in [0.15, 0.2) is 5.76 Å². The summed E-state index contributed by atoms with van der Waals surface area (Å²) in [6.45, 7) is 2.09. The van der Waals surface area contributed by atoms with Crippen molar-refractivity contribution in [2.75, 3.05) is 13.1 Å². The van der Waals surface area contributed by atoms with Crippen molar-refractivity contribution in [3.63, 3.8) is 0 Å². The van der Waals surface area contributed by atoms with E-state index in [4.69, 9.17) is 10.2 Å². The van der Waals surface area contributed by atoms with Crippen LogP contribution >= 0.6 is 0 Å². The largest absolute Gasteiger partial charge is 0.455 e. The predicted octanol–water partition coefficient (Wildman–Crippen LogP) is 2.92. The number of likely N-dealkylation sites (tertiary alicyclic amines) is 1. The van der Waals surface area contributed by atoms with Crippen LogP contribution in [0.15, 0.2) is 16.5 Å². The molecule has 1 aliphatic carbocycles. The predicted molar refractivity (Wildman–Crippen MR) is 77.3 cm³/mol. The molecule has 1 aliphatic heterocycles. The van der Waals surface area contributed by atoms with E-state index >= 15 is 0 Å². The quantitative estimate of drug-likeness (QED) is 0.903. The third-order valence-corrected chi connectivity index (χ3v) is 5.10. The third kappa shape index (κ3) is 2.62. The molecule has 1 aromatic heterocycles. The number of hydrogen-bond acceptors (Lipinski definition) is 3. The number of rotatable bonds is 2. The van der Waals surface area contributed by atoms with Gasteiger partial charge >= 0.3 is 0 Å². The van der Waals surface area contributed by atoms with Gasteiger partial charge in [-0.2, -0.15) is 0 Å².